The average molecular weight is 248 g/mol. The molecule has 2 rings (SSSR count). The zero-order chi connectivity index (χ0) is 13.1. The van der Waals surface area contributed by atoms with Gasteiger partial charge in [0.2, 0.25) is 0 Å². The SMILES string of the molecule is Nc1ccnc2cn[nH]c12.O=C(O)C(F)(F)F. The molecule has 92 valence electrons. The Labute approximate surface area is 92.3 Å². The van der Waals surface area contributed by atoms with Crippen molar-refractivity contribution in [3.8, 4) is 0 Å². The number of aromatic nitrogens is 3. The summed E-state index contributed by atoms with van der Waals surface area (Å²) in [5.41, 5.74) is 7.89. The third-order valence-electron chi connectivity index (χ3n) is 1.62. The number of H-pyrrole nitrogens is 1. The maximum atomic E-state index is 10.6. The molecule has 9 heteroatoms. The number of fused-ring (bicyclic) bond motifs is 1. The van der Waals surface area contributed by atoms with Crippen LogP contribution in [0.1, 0.15) is 0 Å². The molecule has 4 N–H and O–H groups in total. The minimum absolute atomic E-state index is 0.683. The lowest BCUT2D eigenvalue weighted by Gasteiger charge is -1.93. The van der Waals surface area contributed by atoms with Gasteiger partial charge in [-0.3, -0.25) is 10.1 Å². The molecule has 17 heavy (non-hydrogen) atoms. The quantitative estimate of drug-likeness (QED) is 0.649. The van der Waals surface area contributed by atoms with Crippen LogP contribution < -0.4 is 5.73 Å². The van der Waals surface area contributed by atoms with E-state index < -0.39 is 12.1 Å². The number of carbonyl (C=O) groups is 1. The van der Waals surface area contributed by atoms with Crippen LogP contribution in [0.25, 0.3) is 11.0 Å². The zero-order valence-electron chi connectivity index (χ0n) is 8.19. The Morgan fingerprint density at radius 2 is 2.06 bits per heavy atom. The zero-order valence-corrected chi connectivity index (χ0v) is 8.19. The summed E-state index contributed by atoms with van der Waals surface area (Å²) < 4.78 is 31.7. The normalized spacial score (nSPS) is 10.8. The maximum absolute atomic E-state index is 10.6. The highest BCUT2D eigenvalue weighted by molar-refractivity contribution is 5.85. The van der Waals surface area contributed by atoms with Gasteiger partial charge in [0.15, 0.2) is 0 Å². The fourth-order valence-electron chi connectivity index (χ4n) is 0.871. The van der Waals surface area contributed by atoms with Crippen LogP contribution >= 0.6 is 0 Å². The number of nitrogens with one attached hydrogen (secondary N) is 1. The van der Waals surface area contributed by atoms with Crippen molar-refractivity contribution in [3.63, 3.8) is 0 Å². The number of rotatable bonds is 0. The van der Waals surface area contributed by atoms with Crippen molar-refractivity contribution in [2.75, 3.05) is 5.73 Å². The van der Waals surface area contributed by atoms with Crippen molar-refractivity contribution < 1.29 is 23.1 Å². The van der Waals surface area contributed by atoms with Gasteiger partial charge in [-0.1, -0.05) is 0 Å². The molecule has 0 fully saturated rings. The Kier molecular flexibility index (Phi) is 3.51. The van der Waals surface area contributed by atoms with E-state index in [2.05, 4.69) is 15.2 Å². The van der Waals surface area contributed by atoms with Gasteiger partial charge in [-0.15, -0.1) is 0 Å². The van der Waals surface area contributed by atoms with Crippen molar-refractivity contribution in [3.05, 3.63) is 18.5 Å². The molecular weight excluding hydrogens is 241 g/mol. The van der Waals surface area contributed by atoms with E-state index in [-0.39, 0.29) is 0 Å². The molecule has 0 aliphatic rings. The lowest BCUT2D eigenvalue weighted by atomic mass is 10.3. The number of aromatic amines is 1. The lowest BCUT2D eigenvalue weighted by Crippen LogP contribution is -2.21. The summed E-state index contributed by atoms with van der Waals surface area (Å²) in [6.07, 6.45) is -1.78. The van der Waals surface area contributed by atoms with E-state index in [9.17, 15) is 13.2 Å². The number of halogens is 3. The molecule has 6 nitrogen and oxygen atoms in total. The predicted octanol–water partition coefficient (Wildman–Crippen LogP) is 1.17. The highest BCUT2D eigenvalue weighted by Gasteiger charge is 2.38. The van der Waals surface area contributed by atoms with Crippen LogP contribution in [0.4, 0.5) is 18.9 Å². The minimum atomic E-state index is -5.08. The molecule has 0 amide bonds. The van der Waals surface area contributed by atoms with Crippen LogP contribution in [0, 0.1) is 0 Å². The summed E-state index contributed by atoms with van der Waals surface area (Å²) >= 11 is 0. The van der Waals surface area contributed by atoms with E-state index in [1.165, 1.54) is 0 Å². The van der Waals surface area contributed by atoms with Crippen LogP contribution in [-0.2, 0) is 4.79 Å². The van der Waals surface area contributed by atoms with Crippen LogP contribution in [0.5, 0.6) is 0 Å². The highest BCUT2D eigenvalue weighted by Crippen LogP contribution is 2.13. The first-order chi connectivity index (χ1) is 7.82. The molecule has 0 aliphatic heterocycles. The number of nitrogen functional groups attached to an aromatic ring is 1. The van der Waals surface area contributed by atoms with Gasteiger partial charge in [0.05, 0.1) is 11.9 Å². The van der Waals surface area contributed by atoms with E-state index in [0.717, 1.165) is 11.0 Å². The Bertz CT molecular complexity index is 523. The molecule has 2 heterocycles. The van der Waals surface area contributed by atoms with Crippen molar-refractivity contribution >= 4 is 22.7 Å². The van der Waals surface area contributed by atoms with Gasteiger partial charge in [-0.25, -0.2) is 4.79 Å². The van der Waals surface area contributed by atoms with Crippen LogP contribution in [0.3, 0.4) is 0 Å². The smallest absolute Gasteiger partial charge is 0.475 e. The summed E-state index contributed by atoms with van der Waals surface area (Å²) in [5.74, 6) is -2.76. The molecule has 0 spiro atoms. The Balaban J connectivity index is 0.000000185. The van der Waals surface area contributed by atoms with Gasteiger partial charge in [0.25, 0.3) is 0 Å². The lowest BCUT2D eigenvalue weighted by molar-refractivity contribution is -0.192. The molecule has 2 aromatic rings. The van der Waals surface area contributed by atoms with E-state index in [4.69, 9.17) is 15.6 Å². The molecule has 0 saturated heterocycles. The number of carboxylic acid groups (broad SMARTS) is 1. The molecule has 0 aromatic carbocycles. The number of hydrogen-bond acceptors (Lipinski definition) is 4. The monoisotopic (exact) mass is 248 g/mol. The number of aliphatic carboxylic acids is 1. The number of carboxylic acids is 1. The van der Waals surface area contributed by atoms with E-state index in [0.29, 0.717) is 5.69 Å². The van der Waals surface area contributed by atoms with Crippen LogP contribution in [0.15, 0.2) is 18.5 Å². The molecule has 0 bridgehead atoms. The molecule has 0 aliphatic carbocycles. The third kappa shape index (κ3) is 3.33. The Hall–Kier alpha value is -2.32. The first-order valence-corrected chi connectivity index (χ1v) is 4.16. The number of pyridine rings is 1. The van der Waals surface area contributed by atoms with Gasteiger partial charge < -0.3 is 10.8 Å². The predicted molar refractivity (Wildman–Crippen MR) is 52.0 cm³/mol. The topological polar surface area (TPSA) is 105 Å². The number of hydrogen-bond donors (Lipinski definition) is 3. The molecule has 0 saturated carbocycles. The van der Waals surface area contributed by atoms with Gasteiger partial charge in [-0.2, -0.15) is 18.3 Å². The fourth-order valence-corrected chi connectivity index (χ4v) is 0.871. The molecule has 0 atom stereocenters. The second-order valence-corrected chi connectivity index (χ2v) is 2.83. The van der Waals surface area contributed by atoms with E-state index >= 15 is 0 Å². The number of anilines is 1. The number of nitrogens with two attached hydrogens (primary N) is 1. The van der Waals surface area contributed by atoms with Crippen LogP contribution in [0.2, 0.25) is 0 Å². The highest BCUT2D eigenvalue weighted by atomic mass is 19.4. The van der Waals surface area contributed by atoms with Crippen molar-refractivity contribution in [1.82, 2.24) is 15.2 Å². The second kappa shape index (κ2) is 4.68. The molecule has 2 aromatic heterocycles. The van der Waals surface area contributed by atoms with Gasteiger partial charge >= 0.3 is 12.1 Å². The van der Waals surface area contributed by atoms with Crippen molar-refractivity contribution in [2.45, 2.75) is 6.18 Å². The van der Waals surface area contributed by atoms with Gasteiger partial charge in [0.1, 0.15) is 11.0 Å². The van der Waals surface area contributed by atoms with Crippen LogP contribution in [-0.4, -0.2) is 32.4 Å². The number of alkyl halides is 3. The minimum Gasteiger partial charge on any atom is -0.475 e. The summed E-state index contributed by atoms with van der Waals surface area (Å²) in [6, 6.07) is 1.74. The standard InChI is InChI=1S/C6H6N4.C2HF3O2/c7-4-1-2-8-5-3-9-10-6(4)5;3-2(4,5)1(6)7/h1-3H,(H2,7,8)(H,9,10);(H,6,7). The van der Waals surface area contributed by atoms with Crippen molar-refractivity contribution in [2.24, 2.45) is 0 Å². The fraction of sp³-hybridized carbons (Fsp3) is 0.125. The van der Waals surface area contributed by atoms with Gasteiger partial charge in [0, 0.05) is 6.20 Å². The first-order valence-electron chi connectivity index (χ1n) is 4.16. The van der Waals surface area contributed by atoms with E-state index in [1.807, 2.05) is 0 Å². The summed E-state index contributed by atoms with van der Waals surface area (Å²) in [5, 5.41) is 13.7. The second-order valence-electron chi connectivity index (χ2n) is 2.83. The summed E-state index contributed by atoms with van der Waals surface area (Å²) in [7, 11) is 0. The van der Waals surface area contributed by atoms with Crippen molar-refractivity contribution in [1.29, 1.82) is 0 Å². The molecule has 0 radical (unpaired) electrons. The molecule has 0 unspecified atom stereocenters. The molecular formula is C8H7F3N4O2. The maximum Gasteiger partial charge on any atom is 0.490 e. The Morgan fingerprint density at radius 1 is 1.47 bits per heavy atom. The Morgan fingerprint density at radius 3 is 2.53 bits per heavy atom. The number of nitrogens with zero attached hydrogens (tertiary/aromatic N) is 2. The third-order valence-corrected chi connectivity index (χ3v) is 1.62. The van der Waals surface area contributed by atoms with E-state index in [1.54, 1.807) is 18.5 Å². The summed E-state index contributed by atoms with van der Waals surface area (Å²) in [4.78, 5) is 12.9. The summed E-state index contributed by atoms with van der Waals surface area (Å²) in [6.45, 7) is 0. The first kappa shape index (κ1) is 12.7. The average Bonchev–Trinajstić information content (AvgIpc) is 2.66. The van der Waals surface area contributed by atoms with Gasteiger partial charge in [-0.05, 0) is 6.07 Å². The largest absolute Gasteiger partial charge is 0.490 e.